The first-order valence-electron chi connectivity index (χ1n) is 7.63. The van der Waals surface area contributed by atoms with Gasteiger partial charge in [-0.05, 0) is 25.3 Å². The van der Waals surface area contributed by atoms with Crippen LogP contribution in [0.3, 0.4) is 0 Å². The summed E-state index contributed by atoms with van der Waals surface area (Å²) in [7, 11) is 0. The Morgan fingerprint density at radius 2 is 1.58 bits per heavy atom. The lowest BCUT2D eigenvalue weighted by Crippen LogP contribution is -2.37. The molecule has 1 aromatic rings. The average molecular weight is 261 g/mol. The number of aliphatic hydroxyl groups excluding tert-OH is 1. The van der Waals surface area contributed by atoms with Crippen LogP contribution in [0.5, 0.6) is 0 Å². The minimum absolute atomic E-state index is 0.115. The van der Waals surface area contributed by atoms with Gasteiger partial charge in [0, 0.05) is 12.0 Å². The number of aryl methyl sites for hydroxylation is 1. The molecule has 2 heteroatoms. The number of aliphatic hydroxyl groups is 1. The fraction of sp³-hybridized carbons (Fsp3) is 0.647. The molecular formula is C17H27NO. The normalized spacial score (nSPS) is 21.4. The zero-order valence-electron chi connectivity index (χ0n) is 12.1. The van der Waals surface area contributed by atoms with Crippen LogP contribution in [0.1, 0.15) is 62.2 Å². The monoisotopic (exact) mass is 261 g/mol. The van der Waals surface area contributed by atoms with Gasteiger partial charge in [-0.2, -0.15) is 0 Å². The Morgan fingerprint density at radius 1 is 1.05 bits per heavy atom. The van der Waals surface area contributed by atoms with Crippen molar-refractivity contribution in [2.45, 2.75) is 58.0 Å². The Bertz CT molecular complexity index is 377. The lowest BCUT2D eigenvalue weighted by molar-refractivity contribution is 0.00848. The molecule has 0 saturated heterocycles. The van der Waals surface area contributed by atoms with Crippen LogP contribution in [-0.2, 0) is 0 Å². The number of benzene rings is 1. The van der Waals surface area contributed by atoms with E-state index in [1.807, 2.05) is 0 Å². The molecule has 19 heavy (non-hydrogen) atoms. The molecule has 3 N–H and O–H groups in total. The average Bonchev–Trinajstić information content (AvgIpc) is 2.39. The number of nitrogens with two attached hydrogens (primary N) is 1. The highest BCUT2D eigenvalue weighted by Crippen LogP contribution is 2.43. The highest BCUT2D eigenvalue weighted by atomic mass is 16.3. The van der Waals surface area contributed by atoms with E-state index in [1.165, 1.54) is 37.7 Å². The molecule has 1 unspecified atom stereocenters. The first kappa shape index (κ1) is 14.5. The molecule has 0 aliphatic heterocycles. The fourth-order valence-corrected chi connectivity index (χ4v) is 3.30. The van der Waals surface area contributed by atoms with E-state index in [1.54, 1.807) is 0 Å². The van der Waals surface area contributed by atoms with E-state index >= 15 is 0 Å². The Morgan fingerprint density at radius 3 is 2.11 bits per heavy atom. The van der Waals surface area contributed by atoms with E-state index in [2.05, 4.69) is 31.2 Å². The van der Waals surface area contributed by atoms with Gasteiger partial charge in [-0.15, -0.1) is 0 Å². The first-order valence-corrected chi connectivity index (χ1v) is 7.63. The van der Waals surface area contributed by atoms with Crippen LogP contribution in [0.4, 0.5) is 0 Å². The molecule has 0 bridgehead atoms. The van der Waals surface area contributed by atoms with E-state index in [9.17, 15) is 5.11 Å². The first-order chi connectivity index (χ1) is 9.18. The molecule has 106 valence electrons. The van der Waals surface area contributed by atoms with Crippen molar-refractivity contribution in [3.8, 4) is 0 Å². The second-order valence-electron chi connectivity index (χ2n) is 6.15. The molecule has 0 heterocycles. The minimum atomic E-state index is -0.420. The number of hydrogen-bond donors (Lipinski definition) is 2. The zero-order valence-corrected chi connectivity index (χ0v) is 12.1. The van der Waals surface area contributed by atoms with Gasteiger partial charge in [0.25, 0.3) is 0 Å². The second-order valence-corrected chi connectivity index (χ2v) is 6.15. The van der Waals surface area contributed by atoms with Gasteiger partial charge >= 0.3 is 0 Å². The van der Waals surface area contributed by atoms with E-state index in [4.69, 9.17) is 5.73 Å². The summed E-state index contributed by atoms with van der Waals surface area (Å²) in [6.07, 6.45) is 7.97. The molecule has 1 saturated carbocycles. The van der Waals surface area contributed by atoms with Crippen molar-refractivity contribution in [1.29, 1.82) is 0 Å². The van der Waals surface area contributed by atoms with Crippen LogP contribution >= 0.6 is 0 Å². The Labute approximate surface area is 117 Å². The van der Waals surface area contributed by atoms with Gasteiger partial charge in [0.15, 0.2) is 0 Å². The predicted octanol–water partition coefficient (Wildman–Crippen LogP) is 3.72. The predicted molar refractivity (Wildman–Crippen MR) is 79.9 cm³/mol. The second kappa shape index (κ2) is 6.53. The third-order valence-corrected chi connectivity index (χ3v) is 4.73. The summed E-state index contributed by atoms with van der Waals surface area (Å²) < 4.78 is 0. The van der Waals surface area contributed by atoms with Crippen LogP contribution in [0, 0.1) is 12.3 Å². The molecule has 0 radical (unpaired) electrons. The van der Waals surface area contributed by atoms with Gasteiger partial charge in [-0.1, -0.05) is 61.9 Å². The van der Waals surface area contributed by atoms with Crippen molar-refractivity contribution in [3.63, 3.8) is 0 Å². The molecule has 2 rings (SSSR count). The summed E-state index contributed by atoms with van der Waals surface area (Å²) >= 11 is 0. The van der Waals surface area contributed by atoms with Gasteiger partial charge in [0.05, 0.1) is 6.10 Å². The molecule has 2 nitrogen and oxygen atoms in total. The van der Waals surface area contributed by atoms with Crippen molar-refractivity contribution in [1.82, 2.24) is 0 Å². The molecule has 0 amide bonds. The minimum Gasteiger partial charge on any atom is -0.388 e. The third kappa shape index (κ3) is 3.37. The van der Waals surface area contributed by atoms with Crippen molar-refractivity contribution < 1.29 is 5.11 Å². The summed E-state index contributed by atoms with van der Waals surface area (Å²) in [6.45, 7) is 2.66. The van der Waals surface area contributed by atoms with Crippen molar-refractivity contribution in [3.05, 3.63) is 35.4 Å². The lowest BCUT2D eigenvalue weighted by Gasteiger charge is -2.39. The SMILES string of the molecule is Cc1ccc(C(O)C2(CN)CCCCCCC2)cc1. The molecular weight excluding hydrogens is 234 g/mol. The maximum atomic E-state index is 10.8. The lowest BCUT2D eigenvalue weighted by atomic mass is 9.70. The quantitative estimate of drug-likeness (QED) is 0.871. The van der Waals surface area contributed by atoms with E-state index in [-0.39, 0.29) is 5.41 Å². The number of hydrogen-bond acceptors (Lipinski definition) is 2. The molecule has 1 aromatic carbocycles. The third-order valence-electron chi connectivity index (χ3n) is 4.73. The Balaban J connectivity index is 2.20. The Kier molecular flexibility index (Phi) is 5.00. The summed E-state index contributed by atoms with van der Waals surface area (Å²) in [5.74, 6) is 0. The molecule has 1 atom stereocenters. The Hall–Kier alpha value is -0.860. The molecule has 1 aliphatic rings. The van der Waals surface area contributed by atoms with E-state index < -0.39 is 6.10 Å². The van der Waals surface area contributed by atoms with Gasteiger partial charge in [-0.3, -0.25) is 0 Å². The zero-order chi connectivity index (χ0) is 13.7. The summed E-state index contributed by atoms with van der Waals surface area (Å²) in [5.41, 5.74) is 8.21. The largest absolute Gasteiger partial charge is 0.388 e. The van der Waals surface area contributed by atoms with Gasteiger partial charge in [-0.25, -0.2) is 0 Å². The molecule has 0 aromatic heterocycles. The van der Waals surface area contributed by atoms with Crippen LogP contribution in [0.25, 0.3) is 0 Å². The van der Waals surface area contributed by atoms with E-state index in [0.29, 0.717) is 6.54 Å². The standard InChI is InChI=1S/C17H27NO/c1-14-7-9-15(10-8-14)16(19)17(13-18)11-5-3-2-4-6-12-17/h7-10,16,19H,2-6,11-13,18H2,1H3. The summed E-state index contributed by atoms with van der Waals surface area (Å²) in [5, 5.41) is 10.8. The smallest absolute Gasteiger partial charge is 0.0858 e. The van der Waals surface area contributed by atoms with Crippen LogP contribution < -0.4 is 5.73 Å². The van der Waals surface area contributed by atoms with Crippen molar-refractivity contribution >= 4 is 0 Å². The van der Waals surface area contributed by atoms with Crippen LogP contribution in [0.15, 0.2) is 24.3 Å². The topological polar surface area (TPSA) is 46.2 Å². The summed E-state index contributed by atoms with van der Waals surface area (Å²) in [6, 6.07) is 8.25. The maximum Gasteiger partial charge on any atom is 0.0858 e. The highest BCUT2D eigenvalue weighted by Gasteiger charge is 2.37. The van der Waals surface area contributed by atoms with Gasteiger partial charge < -0.3 is 10.8 Å². The molecule has 1 fully saturated rings. The van der Waals surface area contributed by atoms with E-state index in [0.717, 1.165) is 18.4 Å². The van der Waals surface area contributed by atoms with Crippen molar-refractivity contribution in [2.24, 2.45) is 11.1 Å². The van der Waals surface area contributed by atoms with Crippen LogP contribution in [-0.4, -0.2) is 11.7 Å². The van der Waals surface area contributed by atoms with Gasteiger partial charge in [0.2, 0.25) is 0 Å². The van der Waals surface area contributed by atoms with Crippen molar-refractivity contribution in [2.75, 3.05) is 6.54 Å². The van der Waals surface area contributed by atoms with Crippen LogP contribution in [0.2, 0.25) is 0 Å². The highest BCUT2D eigenvalue weighted by molar-refractivity contribution is 5.24. The molecule has 1 aliphatic carbocycles. The number of rotatable bonds is 3. The fourth-order valence-electron chi connectivity index (χ4n) is 3.30. The maximum absolute atomic E-state index is 10.8. The summed E-state index contributed by atoms with van der Waals surface area (Å²) in [4.78, 5) is 0. The molecule has 0 spiro atoms. The van der Waals surface area contributed by atoms with Gasteiger partial charge in [0.1, 0.15) is 0 Å².